The lowest BCUT2D eigenvalue weighted by atomic mass is 10.2. The van der Waals surface area contributed by atoms with Gasteiger partial charge in [0.15, 0.2) is 18.2 Å². The Balaban J connectivity index is 1.87. The van der Waals surface area contributed by atoms with Crippen LogP contribution in [0.15, 0.2) is 47.6 Å². The third-order valence-electron chi connectivity index (χ3n) is 2.89. The average molecular weight is 355 g/mol. The first-order valence-corrected chi connectivity index (χ1v) is 7.54. The number of nitrogens with two attached hydrogens (primary N) is 1. The van der Waals surface area contributed by atoms with E-state index in [1.54, 1.807) is 37.4 Å². The standard InChI is InChI=1S/C16H16Cl2N2O3/c1-21-14-8-3-2-5-11(14)16(19)20-23-10-9-22-15-12(17)6-4-7-13(15)18/h2-8H,9-10H2,1H3,(H2,19,20). The van der Waals surface area contributed by atoms with Crippen LogP contribution in [-0.2, 0) is 4.84 Å². The van der Waals surface area contributed by atoms with E-state index in [1.807, 2.05) is 12.1 Å². The molecule has 0 aliphatic carbocycles. The molecule has 0 aliphatic heterocycles. The quantitative estimate of drug-likeness (QED) is 0.356. The van der Waals surface area contributed by atoms with Crippen molar-refractivity contribution in [3.8, 4) is 11.5 Å². The SMILES string of the molecule is COc1ccccc1/C(N)=N/OCCOc1c(Cl)cccc1Cl. The molecular formula is C16H16Cl2N2O3. The van der Waals surface area contributed by atoms with Gasteiger partial charge in [-0.1, -0.05) is 46.6 Å². The van der Waals surface area contributed by atoms with Crippen LogP contribution in [0, 0.1) is 0 Å². The summed E-state index contributed by atoms with van der Waals surface area (Å²) in [5, 5.41) is 4.73. The summed E-state index contributed by atoms with van der Waals surface area (Å²) in [6.07, 6.45) is 0. The van der Waals surface area contributed by atoms with Crippen LogP contribution in [0.25, 0.3) is 0 Å². The Bertz CT molecular complexity index is 673. The largest absolute Gasteiger partial charge is 0.496 e. The van der Waals surface area contributed by atoms with Gasteiger partial charge in [0.1, 0.15) is 12.4 Å². The predicted molar refractivity (Wildman–Crippen MR) is 91.6 cm³/mol. The van der Waals surface area contributed by atoms with Gasteiger partial charge in [-0.2, -0.15) is 0 Å². The Labute approximate surface area is 144 Å². The molecule has 0 spiro atoms. The van der Waals surface area contributed by atoms with E-state index in [0.29, 0.717) is 27.1 Å². The van der Waals surface area contributed by atoms with Crippen LogP contribution >= 0.6 is 23.2 Å². The van der Waals surface area contributed by atoms with Gasteiger partial charge in [0.25, 0.3) is 0 Å². The van der Waals surface area contributed by atoms with Crippen LogP contribution in [0.2, 0.25) is 10.0 Å². The van der Waals surface area contributed by atoms with E-state index in [1.165, 1.54) is 0 Å². The maximum atomic E-state index is 5.99. The number of ether oxygens (including phenoxy) is 2. The highest BCUT2D eigenvalue weighted by molar-refractivity contribution is 6.37. The Morgan fingerprint density at radius 1 is 1.04 bits per heavy atom. The van der Waals surface area contributed by atoms with Gasteiger partial charge < -0.3 is 20.0 Å². The van der Waals surface area contributed by atoms with Crippen molar-refractivity contribution in [1.82, 2.24) is 0 Å². The zero-order valence-corrected chi connectivity index (χ0v) is 14.0. The average Bonchev–Trinajstić information content (AvgIpc) is 2.56. The molecule has 0 aliphatic rings. The van der Waals surface area contributed by atoms with Gasteiger partial charge in [-0.25, -0.2) is 0 Å². The third kappa shape index (κ3) is 4.68. The molecule has 0 radical (unpaired) electrons. The Morgan fingerprint density at radius 2 is 1.74 bits per heavy atom. The minimum atomic E-state index is 0.192. The number of halogens is 2. The second-order valence-corrected chi connectivity index (χ2v) is 5.22. The lowest BCUT2D eigenvalue weighted by Crippen LogP contribution is -2.16. The van der Waals surface area contributed by atoms with Gasteiger partial charge in [0, 0.05) is 0 Å². The highest BCUT2D eigenvalue weighted by atomic mass is 35.5. The van der Waals surface area contributed by atoms with E-state index in [-0.39, 0.29) is 19.0 Å². The highest BCUT2D eigenvalue weighted by Gasteiger charge is 2.07. The molecule has 122 valence electrons. The molecule has 2 aromatic rings. The Morgan fingerprint density at radius 3 is 2.43 bits per heavy atom. The number of benzene rings is 2. The first-order chi connectivity index (χ1) is 11.1. The molecule has 0 amide bonds. The van der Waals surface area contributed by atoms with Crippen molar-refractivity contribution in [3.63, 3.8) is 0 Å². The minimum absolute atomic E-state index is 0.192. The van der Waals surface area contributed by atoms with Gasteiger partial charge in [-0.15, -0.1) is 0 Å². The Hall–Kier alpha value is -2.11. The summed E-state index contributed by atoms with van der Waals surface area (Å²) >= 11 is 12.0. The zero-order valence-electron chi connectivity index (χ0n) is 12.5. The van der Waals surface area contributed by atoms with E-state index in [2.05, 4.69) is 5.16 Å². The molecule has 23 heavy (non-hydrogen) atoms. The van der Waals surface area contributed by atoms with Crippen molar-refractivity contribution in [2.45, 2.75) is 0 Å². The topological polar surface area (TPSA) is 66.1 Å². The normalized spacial score (nSPS) is 11.2. The Kier molecular flexibility index (Phi) is 6.38. The van der Waals surface area contributed by atoms with Crippen LogP contribution in [0.4, 0.5) is 0 Å². The molecule has 0 atom stereocenters. The molecule has 0 fully saturated rings. The monoisotopic (exact) mass is 354 g/mol. The molecule has 0 bridgehead atoms. The second kappa shape index (κ2) is 8.50. The number of methoxy groups -OCH3 is 1. The van der Waals surface area contributed by atoms with Crippen LogP contribution in [0.3, 0.4) is 0 Å². The van der Waals surface area contributed by atoms with Gasteiger partial charge in [-0.05, 0) is 24.3 Å². The second-order valence-electron chi connectivity index (χ2n) is 4.41. The van der Waals surface area contributed by atoms with Crippen LogP contribution in [0.5, 0.6) is 11.5 Å². The maximum Gasteiger partial charge on any atom is 0.174 e. The van der Waals surface area contributed by atoms with Crippen LogP contribution in [0.1, 0.15) is 5.56 Å². The lowest BCUT2D eigenvalue weighted by Gasteiger charge is -2.09. The van der Waals surface area contributed by atoms with Gasteiger partial charge in [0.05, 0.1) is 22.7 Å². The van der Waals surface area contributed by atoms with Crippen molar-refractivity contribution in [2.75, 3.05) is 20.3 Å². The smallest absolute Gasteiger partial charge is 0.174 e. The number of hydrogen-bond acceptors (Lipinski definition) is 4. The molecule has 7 heteroatoms. The summed E-state index contributed by atoms with van der Waals surface area (Å²) in [4.78, 5) is 5.15. The van der Waals surface area contributed by atoms with Crippen molar-refractivity contribution < 1.29 is 14.3 Å². The molecule has 0 unspecified atom stereocenters. The van der Waals surface area contributed by atoms with Gasteiger partial charge >= 0.3 is 0 Å². The first kappa shape index (κ1) is 17.2. The molecule has 5 nitrogen and oxygen atoms in total. The number of oxime groups is 1. The molecule has 2 aromatic carbocycles. The van der Waals surface area contributed by atoms with Crippen molar-refractivity contribution >= 4 is 29.0 Å². The number of hydrogen-bond donors (Lipinski definition) is 1. The van der Waals surface area contributed by atoms with E-state index in [4.69, 9.17) is 43.2 Å². The van der Waals surface area contributed by atoms with Crippen molar-refractivity contribution in [3.05, 3.63) is 58.1 Å². The summed E-state index contributed by atoms with van der Waals surface area (Å²) in [5.74, 6) is 1.26. The van der Waals surface area contributed by atoms with E-state index in [9.17, 15) is 0 Å². The molecule has 2 rings (SSSR count). The molecule has 0 saturated carbocycles. The lowest BCUT2D eigenvalue weighted by molar-refractivity contribution is 0.107. The summed E-state index contributed by atoms with van der Waals surface area (Å²) in [6.45, 7) is 0.420. The maximum absolute atomic E-state index is 5.99. The van der Waals surface area contributed by atoms with E-state index >= 15 is 0 Å². The third-order valence-corrected chi connectivity index (χ3v) is 3.48. The molecule has 0 heterocycles. The van der Waals surface area contributed by atoms with E-state index in [0.717, 1.165) is 0 Å². The van der Waals surface area contributed by atoms with Gasteiger partial charge in [-0.3, -0.25) is 0 Å². The summed E-state index contributed by atoms with van der Waals surface area (Å²) < 4.78 is 10.7. The summed E-state index contributed by atoms with van der Waals surface area (Å²) in [7, 11) is 1.56. The van der Waals surface area contributed by atoms with Crippen LogP contribution in [-0.4, -0.2) is 26.2 Å². The van der Waals surface area contributed by atoms with Gasteiger partial charge in [0.2, 0.25) is 0 Å². The summed E-state index contributed by atoms with van der Waals surface area (Å²) in [6, 6.07) is 12.4. The fourth-order valence-electron chi connectivity index (χ4n) is 1.82. The summed E-state index contributed by atoms with van der Waals surface area (Å²) in [5.41, 5.74) is 6.53. The number of rotatable bonds is 7. The van der Waals surface area contributed by atoms with E-state index < -0.39 is 0 Å². The predicted octanol–water partition coefficient (Wildman–Crippen LogP) is 3.72. The molecule has 2 N–H and O–H groups in total. The molecular weight excluding hydrogens is 339 g/mol. The fourth-order valence-corrected chi connectivity index (χ4v) is 2.33. The first-order valence-electron chi connectivity index (χ1n) is 6.79. The molecule has 0 saturated heterocycles. The fraction of sp³-hybridized carbons (Fsp3) is 0.188. The highest BCUT2D eigenvalue weighted by Crippen LogP contribution is 2.32. The molecule has 0 aromatic heterocycles. The van der Waals surface area contributed by atoms with Crippen molar-refractivity contribution in [1.29, 1.82) is 0 Å². The minimum Gasteiger partial charge on any atom is -0.496 e. The number of para-hydroxylation sites is 2. The number of nitrogens with zero attached hydrogens (tertiary/aromatic N) is 1. The van der Waals surface area contributed by atoms with Crippen molar-refractivity contribution in [2.24, 2.45) is 10.9 Å². The number of amidine groups is 1. The van der Waals surface area contributed by atoms with Crippen LogP contribution < -0.4 is 15.2 Å². The zero-order chi connectivity index (χ0) is 16.7.